The van der Waals surface area contributed by atoms with Crippen LogP contribution in [-0.2, 0) is 22.7 Å². The monoisotopic (exact) mass is 233 g/mol. The van der Waals surface area contributed by atoms with Crippen molar-refractivity contribution in [1.29, 1.82) is 0 Å². The van der Waals surface area contributed by atoms with Gasteiger partial charge in [0.2, 0.25) is 0 Å². The van der Waals surface area contributed by atoms with Gasteiger partial charge in [0.1, 0.15) is 0 Å². The number of ether oxygens (including phenoxy) is 2. The van der Waals surface area contributed by atoms with Crippen molar-refractivity contribution >= 4 is 0 Å². The molecule has 2 heterocycles. The van der Waals surface area contributed by atoms with Gasteiger partial charge in [-0.25, -0.2) is 0 Å². The van der Waals surface area contributed by atoms with E-state index in [0.717, 1.165) is 26.1 Å². The van der Waals surface area contributed by atoms with Crippen LogP contribution in [0.4, 0.5) is 0 Å². The van der Waals surface area contributed by atoms with E-state index in [0.29, 0.717) is 6.61 Å². The van der Waals surface area contributed by atoms with E-state index in [2.05, 4.69) is 25.1 Å². The summed E-state index contributed by atoms with van der Waals surface area (Å²) in [6, 6.07) is 6.39. The molecular formula is C14H19NO2. The Hall–Kier alpha value is -0.900. The Morgan fingerprint density at radius 3 is 2.88 bits per heavy atom. The smallest absolute Gasteiger partial charge is 0.0847 e. The Labute approximate surface area is 102 Å². The first-order valence-corrected chi connectivity index (χ1v) is 6.28. The van der Waals surface area contributed by atoms with Gasteiger partial charge >= 0.3 is 0 Å². The Balaban J connectivity index is 1.88. The molecule has 0 amide bonds. The normalized spacial score (nSPS) is 29.3. The van der Waals surface area contributed by atoms with Crippen LogP contribution in [0.3, 0.4) is 0 Å². The third kappa shape index (κ3) is 1.88. The zero-order valence-corrected chi connectivity index (χ0v) is 10.2. The average Bonchev–Trinajstić information content (AvgIpc) is 2.96. The first-order valence-electron chi connectivity index (χ1n) is 6.28. The fourth-order valence-corrected chi connectivity index (χ4v) is 2.78. The molecule has 2 atom stereocenters. The van der Waals surface area contributed by atoms with Crippen LogP contribution in [0.5, 0.6) is 0 Å². The maximum Gasteiger partial charge on any atom is 0.0847 e. The van der Waals surface area contributed by atoms with Gasteiger partial charge in [0.05, 0.1) is 24.9 Å². The molecule has 2 unspecified atom stereocenters. The van der Waals surface area contributed by atoms with Gasteiger partial charge in [0.15, 0.2) is 0 Å². The molecule has 0 aliphatic carbocycles. The molecule has 1 fully saturated rings. The highest BCUT2D eigenvalue weighted by Gasteiger charge is 2.37. The SMILES string of the molecule is CC1(C(N)c2ccc3c(c2)COC3)CCCO1. The van der Waals surface area contributed by atoms with Gasteiger partial charge in [0, 0.05) is 6.61 Å². The first kappa shape index (κ1) is 11.2. The predicted molar refractivity (Wildman–Crippen MR) is 65.5 cm³/mol. The second-order valence-electron chi connectivity index (χ2n) is 5.26. The molecule has 2 aliphatic heterocycles. The molecule has 3 nitrogen and oxygen atoms in total. The molecule has 3 heteroatoms. The Kier molecular flexibility index (Phi) is 2.69. The van der Waals surface area contributed by atoms with Crippen LogP contribution in [0.1, 0.15) is 42.5 Å². The van der Waals surface area contributed by atoms with E-state index in [9.17, 15) is 0 Å². The highest BCUT2D eigenvalue weighted by Crippen LogP contribution is 2.36. The van der Waals surface area contributed by atoms with E-state index >= 15 is 0 Å². The molecule has 2 N–H and O–H groups in total. The van der Waals surface area contributed by atoms with E-state index in [-0.39, 0.29) is 11.6 Å². The number of hydrogen-bond acceptors (Lipinski definition) is 3. The largest absolute Gasteiger partial charge is 0.373 e. The van der Waals surface area contributed by atoms with Crippen molar-refractivity contribution in [3.05, 3.63) is 34.9 Å². The molecule has 1 aromatic carbocycles. The van der Waals surface area contributed by atoms with Crippen LogP contribution in [0.2, 0.25) is 0 Å². The molecule has 92 valence electrons. The van der Waals surface area contributed by atoms with E-state index in [1.165, 1.54) is 16.7 Å². The van der Waals surface area contributed by atoms with E-state index < -0.39 is 0 Å². The summed E-state index contributed by atoms with van der Waals surface area (Å²) >= 11 is 0. The molecule has 0 spiro atoms. The van der Waals surface area contributed by atoms with Crippen LogP contribution < -0.4 is 5.73 Å². The highest BCUT2D eigenvalue weighted by atomic mass is 16.5. The summed E-state index contributed by atoms with van der Waals surface area (Å²) in [6.07, 6.45) is 2.15. The first-order chi connectivity index (χ1) is 8.19. The van der Waals surface area contributed by atoms with Crippen LogP contribution in [0.25, 0.3) is 0 Å². The van der Waals surface area contributed by atoms with E-state index in [1.54, 1.807) is 0 Å². The standard InChI is InChI=1S/C14H19NO2/c1-14(5-2-6-17-14)13(15)10-3-4-11-8-16-9-12(11)7-10/h3-4,7,13H,2,5-6,8-9,15H2,1H3. The van der Waals surface area contributed by atoms with Crippen LogP contribution >= 0.6 is 0 Å². The zero-order chi connectivity index (χ0) is 11.9. The van der Waals surface area contributed by atoms with Gasteiger partial charge in [-0.2, -0.15) is 0 Å². The molecular weight excluding hydrogens is 214 g/mol. The lowest BCUT2D eigenvalue weighted by molar-refractivity contribution is -0.00175. The Bertz CT molecular complexity index is 424. The van der Waals surface area contributed by atoms with E-state index in [4.69, 9.17) is 15.2 Å². The number of nitrogens with two attached hydrogens (primary N) is 1. The summed E-state index contributed by atoms with van der Waals surface area (Å²) in [5.41, 5.74) is 9.90. The quantitative estimate of drug-likeness (QED) is 0.852. The van der Waals surface area contributed by atoms with Crippen molar-refractivity contribution in [2.75, 3.05) is 6.61 Å². The molecule has 2 aliphatic rings. The summed E-state index contributed by atoms with van der Waals surface area (Å²) in [7, 11) is 0. The molecule has 1 aromatic rings. The van der Waals surface area contributed by atoms with Crippen molar-refractivity contribution < 1.29 is 9.47 Å². The summed E-state index contributed by atoms with van der Waals surface area (Å²) in [6.45, 7) is 4.40. The summed E-state index contributed by atoms with van der Waals surface area (Å²) in [4.78, 5) is 0. The number of hydrogen-bond donors (Lipinski definition) is 1. The molecule has 0 radical (unpaired) electrons. The lowest BCUT2D eigenvalue weighted by Gasteiger charge is -2.31. The number of fused-ring (bicyclic) bond motifs is 1. The van der Waals surface area contributed by atoms with Gasteiger partial charge in [-0.1, -0.05) is 18.2 Å². The minimum absolute atomic E-state index is 0.0455. The van der Waals surface area contributed by atoms with Gasteiger partial charge in [-0.05, 0) is 36.5 Å². The highest BCUT2D eigenvalue weighted by molar-refractivity contribution is 5.35. The minimum atomic E-state index is -0.201. The van der Waals surface area contributed by atoms with Crippen molar-refractivity contribution in [2.24, 2.45) is 5.73 Å². The fraction of sp³-hybridized carbons (Fsp3) is 0.571. The lowest BCUT2D eigenvalue weighted by atomic mass is 9.87. The third-order valence-electron chi connectivity index (χ3n) is 4.01. The van der Waals surface area contributed by atoms with Gasteiger partial charge in [-0.15, -0.1) is 0 Å². The Morgan fingerprint density at radius 1 is 1.29 bits per heavy atom. The number of rotatable bonds is 2. The third-order valence-corrected chi connectivity index (χ3v) is 4.01. The molecule has 1 saturated heterocycles. The van der Waals surface area contributed by atoms with Crippen molar-refractivity contribution in [3.8, 4) is 0 Å². The maximum absolute atomic E-state index is 6.36. The van der Waals surface area contributed by atoms with Crippen LogP contribution in [0.15, 0.2) is 18.2 Å². The van der Waals surface area contributed by atoms with Gasteiger partial charge in [0.25, 0.3) is 0 Å². The van der Waals surface area contributed by atoms with E-state index in [1.807, 2.05) is 0 Å². The maximum atomic E-state index is 6.36. The molecule has 0 saturated carbocycles. The van der Waals surface area contributed by atoms with Crippen molar-refractivity contribution in [1.82, 2.24) is 0 Å². The molecule has 3 rings (SSSR count). The second-order valence-corrected chi connectivity index (χ2v) is 5.26. The minimum Gasteiger partial charge on any atom is -0.373 e. The van der Waals surface area contributed by atoms with Gasteiger partial charge < -0.3 is 15.2 Å². The summed E-state index contributed by atoms with van der Waals surface area (Å²) in [5, 5.41) is 0. The topological polar surface area (TPSA) is 44.5 Å². The second kappa shape index (κ2) is 4.09. The zero-order valence-electron chi connectivity index (χ0n) is 10.2. The average molecular weight is 233 g/mol. The van der Waals surface area contributed by atoms with Crippen molar-refractivity contribution in [2.45, 2.75) is 44.6 Å². The van der Waals surface area contributed by atoms with Crippen molar-refractivity contribution in [3.63, 3.8) is 0 Å². The van der Waals surface area contributed by atoms with Crippen LogP contribution in [0, 0.1) is 0 Å². The van der Waals surface area contributed by atoms with Gasteiger partial charge in [-0.3, -0.25) is 0 Å². The molecule has 0 bridgehead atoms. The van der Waals surface area contributed by atoms with Crippen LogP contribution in [-0.4, -0.2) is 12.2 Å². The summed E-state index contributed by atoms with van der Waals surface area (Å²) in [5.74, 6) is 0. The lowest BCUT2D eigenvalue weighted by Crippen LogP contribution is -2.37. The number of benzene rings is 1. The predicted octanol–water partition coefficient (Wildman–Crippen LogP) is 2.29. The fourth-order valence-electron chi connectivity index (χ4n) is 2.78. The Morgan fingerprint density at radius 2 is 2.12 bits per heavy atom. The summed E-state index contributed by atoms with van der Waals surface area (Å²) < 4.78 is 11.2. The molecule has 17 heavy (non-hydrogen) atoms. The molecule has 0 aromatic heterocycles.